The van der Waals surface area contributed by atoms with Gasteiger partial charge >= 0.3 is 0 Å². The molecule has 0 radical (unpaired) electrons. The summed E-state index contributed by atoms with van der Waals surface area (Å²) in [6, 6.07) is 34.2. The number of ether oxygens (including phenoxy) is 2. The second-order valence-corrected chi connectivity index (χ2v) is 16.5. The molecule has 0 saturated carbocycles. The maximum Gasteiger partial charge on any atom is 0.269 e. The second kappa shape index (κ2) is 18.0. The van der Waals surface area contributed by atoms with Gasteiger partial charge in [-0.3, -0.25) is 39.6 Å². The van der Waals surface area contributed by atoms with Crippen molar-refractivity contribution in [3.63, 3.8) is 0 Å². The van der Waals surface area contributed by atoms with E-state index >= 15 is 0 Å². The third kappa shape index (κ3) is 8.89. The van der Waals surface area contributed by atoms with E-state index in [1.807, 2.05) is 36.4 Å². The fraction of sp³-hybridized carbons (Fsp3) is 0.106. The Labute approximate surface area is 367 Å². The van der Waals surface area contributed by atoms with Crippen LogP contribution in [0.3, 0.4) is 0 Å². The predicted octanol–water partition coefficient (Wildman–Crippen LogP) is 11.0. The van der Waals surface area contributed by atoms with Gasteiger partial charge in [-0.15, -0.1) is 0 Å². The Morgan fingerprint density at radius 2 is 0.937 bits per heavy atom. The van der Waals surface area contributed by atoms with E-state index in [1.54, 1.807) is 46.2 Å². The molecule has 63 heavy (non-hydrogen) atoms. The fourth-order valence-electron chi connectivity index (χ4n) is 7.30. The smallest absolute Gasteiger partial charge is 0.269 e. The predicted molar refractivity (Wildman–Crippen MR) is 239 cm³/mol. The number of hydrogen-bond acceptors (Lipinski definition) is 10. The van der Waals surface area contributed by atoms with E-state index in [4.69, 9.17) is 9.47 Å². The maximum absolute atomic E-state index is 14.2. The van der Waals surface area contributed by atoms with Crippen molar-refractivity contribution >= 4 is 70.2 Å². The molecule has 6 aromatic carbocycles. The Morgan fingerprint density at radius 3 is 1.27 bits per heavy atom. The summed E-state index contributed by atoms with van der Waals surface area (Å²) >= 11 is 2.53. The molecule has 2 aliphatic heterocycles. The lowest BCUT2D eigenvalue weighted by Gasteiger charge is -2.26. The molecular formula is C47H34F2N4O8S2. The highest BCUT2D eigenvalue weighted by Crippen LogP contribution is 2.53. The number of anilines is 2. The molecule has 0 aliphatic carbocycles. The van der Waals surface area contributed by atoms with E-state index in [1.165, 1.54) is 111 Å². The van der Waals surface area contributed by atoms with Crippen molar-refractivity contribution in [1.29, 1.82) is 0 Å². The van der Waals surface area contributed by atoms with E-state index in [0.717, 1.165) is 11.1 Å². The Hall–Kier alpha value is -7.30. The summed E-state index contributed by atoms with van der Waals surface area (Å²) in [4.78, 5) is 54.2. The first-order valence-electron chi connectivity index (χ1n) is 19.2. The Bertz CT molecular complexity index is 2630. The lowest BCUT2D eigenvalue weighted by molar-refractivity contribution is -0.385. The van der Waals surface area contributed by atoms with Crippen LogP contribution >= 0.6 is 23.5 Å². The molecule has 2 atom stereocenters. The number of benzene rings is 6. The molecule has 6 aromatic rings. The van der Waals surface area contributed by atoms with Crippen molar-refractivity contribution in [3.05, 3.63) is 209 Å². The van der Waals surface area contributed by atoms with Crippen molar-refractivity contribution in [2.45, 2.75) is 17.2 Å². The lowest BCUT2D eigenvalue weighted by atomic mass is 9.99. The number of amides is 2. The maximum atomic E-state index is 14.2. The average molecular weight is 885 g/mol. The molecule has 2 unspecified atom stereocenters. The quantitative estimate of drug-likeness (QED) is 0.0661. The van der Waals surface area contributed by atoms with Gasteiger partial charge in [-0.1, -0.05) is 59.9 Å². The summed E-state index contributed by atoms with van der Waals surface area (Å²) in [6.07, 6.45) is 3.73. The van der Waals surface area contributed by atoms with Gasteiger partial charge in [0, 0.05) is 46.8 Å². The molecule has 16 heteroatoms. The molecule has 2 fully saturated rings. The molecule has 316 valence electrons. The number of methoxy groups -OCH3 is 2. The van der Waals surface area contributed by atoms with Crippen LogP contribution in [0.5, 0.6) is 11.5 Å². The number of nitro groups is 2. The monoisotopic (exact) mass is 884 g/mol. The molecule has 2 amide bonds. The SMILES string of the molecule is COc1ccc(Cc2ccc(OC)c(C3S/C(=C\c4ccc(F)cc4)C(=O)N3c3ccc([N+](=O)[O-])cc3)c2)cc1C1S/C(=C\c2ccc(F)cc2)C(=O)N1c1ccc([N+](=O)[O-])cc1. The van der Waals surface area contributed by atoms with E-state index < -0.39 is 32.2 Å². The van der Waals surface area contributed by atoms with Crippen molar-refractivity contribution in [3.8, 4) is 11.5 Å². The Morgan fingerprint density at radius 1 is 0.571 bits per heavy atom. The molecule has 0 aromatic heterocycles. The molecule has 8 rings (SSSR count). The zero-order valence-electron chi connectivity index (χ0n) is 33.3. The second-order valence-electron chi connectivity index (χ2n) is 14.3. The molecule has 2 saturated heterocycles. The van der Waals surface area contributed by atoms with Crippen molar-refractivity contribution in [2.75, 3.05) is 24.0 Å². The first-order chi connectivity index (χ1) is 30.4. The molecule has 2 heterocycles. The van der Waals surface area contributed by atoms with Gasteiger partial charge in [-0.2, -0.15) is 0 Å². The Balaban J connectivity index is 1.17. The van der Waals surface area contributed by atoms with E-state index in [9.17, 15) is 38.6 Å². The number of hydrogen-bond donors (Lipinski definition) is 0. The van der Waals surface area contributed by atoms with Gasteiger partial charge in [-0.05, 0) is 114 Å². The number of thioether (sulfide) groups is 2. The number of nitrogens with zero attached hydrogens (tertiary/aromatic N) is 4. The van der Waals surface area contributed by atoms with Gasteiger partial charge in [0.1, 0.15) is 33.9 Å². The third-order valence-corrected chi connectivity index (χ3v) is 12.8. The molecular weight excluding hydrogens is 851 g/mol. The normalized spacial score (nSPS) is 17.5. The van der Waals surface area contributed by atoms with Crippen LogP contribution in [0, 0.1) is 31.9 Å². The highest BCUT2D eigenvalue weighted by atomic mass is 32.2. The van der Waals surface area contributed by atoms with E-state index in [2.05, 4.69) is 0 Å². The number of halogens is 2. The highest BCUT2D eigenvalue weighted by Gasteiger charge is 2.41. The van der Waals surface area contributed by atoms with Crippen LogP contribution in [0.1, 0.15) is 44.1 Å². The van der Waals surface area contributed by atoms with Gasteiger partial charge in [0.2, 0.25) is 0 Å². The van der Waals surface area contributed by atoms with Crippen LogP contribution in [0.15, 0.2) is 143 Å². The van der Waals surface area contributed by atoms with Gasteiger partial charge in [-0.25, -0.2) is 8.78 Å². The summed E-state index contributed by atoms with van der Waals surface area (Å²) in [5.41, 5.74) is 4.79. The first-order valence-corrected chi connectivity index (χ1v) is 20.9. The minimum atomic E-state index is -0.672. The minimum Gasteiger partial charge on any atom is -0.496 e. The molecule has 0 spiro atoms. The van der Waals surface area contributed by atoms with Crippen LogP contribution < -0.4 is 19.3 Å². The van der Waals surface area contributed by atoms with Crippen LogP contribution in [0.25, 0.3) is 12.2 Å². The van der Waals surface area contributed by atoms with Crippen molar-refractivity contribution < 1.29 is 37.7 Å². The van der Waals surface area contributed by atoms with Crippen molar-refractivity contribution in [2.24, 2.45) is 0 Å². The molecule has 0 bridgehead atoms. The topological polar surface area (TPSA) is 145 Å². The number of nitro benzene ring substituents is 2. The van der Waals surface area contributed by atoms with Gasteiger partial charge in [0.15, 0.2) is 0 Å². The summed E-state index contributed by atoms with van der Waals surface area (Å²) in [6.45, 7) is 0. The minimum absolute atomic E-state index is 0.133. The summed E-state index contributed by atoms with van der Waals surface area (Å²) < 4.78 is 39.2. The number of non-ortho nitro benzene ring substituents is 2. The average Bonchev–Trinajstić information content (AvgIpc) is 3.79. The number of rotatable bonds is 12. The van der Waals surface area contributed by atoms with E-state index in [-0.39, 0.29) is 23.2 Å². The Kier molecular flexibility index (Phi) is 12.1. The summed E-state index contributed by atoms with van der Waals surface area (Å²) in [5.74, 6) is -0.559. The summed E-state index contributed by atoms with van der Waals surface area (Å²) in [7, 11) is 3.05. The third-order valence-electron chi connectivity index (χ3n) is 10.3. The molecule has 0 N–H and O–H groups in total. The van der Waals surface area contributed by atoms with E-state index in [0.29, 0.717) is 61.4 Å². The highest BCUT2D eigenvalue weighted by molar-refractivity contribution is 8.05. The van der Waals surface area contributed by atoms with Gasteiger partial charge in [0.05, 0.1) is 33.9 Å². The van der Waals surface area contributed by atoms with Gasteiger partial charge < -0.3 is 9.47 Å². The zero-order valence-corrected chi connectivity index (χ0v) is 35.0. The molecule has 2 aliphatic rings. The number of carbonyl (C=O) groups excluding carboxylic acids is 2. The summed E-state index contributed by atoms with van der Waals surface area (Å²) in [5, 5.41) is 21.6. The van der Waals surface area contributed by atoms with Crippen molar-refractivity contribution in [1.82, 2.24) is 0 Å². The standard InChI is InChI=1S/C47H34F2N4O8S2/c1-60-40-21-7-30(24-38(40)46-50(34-13-17-36(18-14-34)52(56)57)44(54)42(62-46)26-28-3-9-32(48)10-4-28)23-31-8-22-41(61-2)39(25-31)47-51(35-15-19-37(20-16-35)53(58)59)45(55)43(63-47)27-29-5-11-33(49)12-6-29/h3-22,24-27,46-47H,23H2,1-2H3/b42-26-,43-27-. The van der Waals surface area contributed by atoms with Crippen LogP contribution in [0.2, 0.25) is 0 Å². The fourth-order valence-corrected chi connectivity index (χ4v) is 9.85. The van der Waals surface area contributed by atoms with Crippen LogP contribution in [-0.4, -0.2) is 35.9 Å². The first kappa shape index (κ1) is 42.4. The van der Waals surface area contributed by atoms with Crippen LogP contribution in [-0.2, 0) is 16.0 Å². The number of carbonyl (C=O) groups is 2. The largest absolute Gasteiger partial charge is 0.496 e. The van der Waals surface area contributed by atoms with Crippen LogP contribution in [0.4, 0.5) is 31.5 Å². The molecule has 12 nitrogen and oxygen atoms in total. The zero-order chi connectivity index (χ0) is 44.4. The lowest BCUT2D eigenvalue weighted by Crippen LogP contribution is -2.27. The van der Waals surface area contributed by atoms with Gasteiger partial charge in [0.25, 0.3) is 23.2 Å².